The van der Waals surface area contributed by atoms with Gasteiger partial charge in [-0.1, -0.05) is 27.2 Å². The number of hydrogen-bond donors (Lipinski definition) is 1. The van der Waals surface area contributed by atoms with E-state index in [2.05, 4.69) is 48.3 Å². The first-order valence-electron chi connectivity index (χ1n) is 8.47. The van der Waals surface area contributed by atoms with Crippen LogP contribution in [0.15, 0.2) is 12.4 Å². The maximum Gasteiger partial charge on any atom is 0.0524 e. The van der Waals surface area contributed by atoms with Crippen molar-refractivity contribution in [1.82, 2.24) is 15.1 Å². The van der Waals surface area contributed by atoms with E-state index in [0.29, 0.717) is 5.92 Å². The molecule has 1 aliphatic carbocycles. The SMILES string of the molecule is CCCNCC1CCC(C)CC1c1cnn(CCC)c1. The summed E-state index contributed by atoms with van der Waals surface area (Å²) in [4.78, 5) is 0. The molecule has 0 aromatic carbocycles. The van der Waals surface area contributed by atoms with Crippen LogP contribution in [0, 0.1) is 11.8 Å². The van der Waals surface area contributed by atoms with Crippen LogP contribution in [0.5, 0.6) is 0 Å². The molecule has 114 valence electrons. The Balaban J connectivity index is 2.02. The molecule has 0 saturated heterocycles. The summed E-state index contributed by atoms with van der Waals surface area (Å²) in [6.07, 6.45) is 10.9. The van der Waals surface area contributed by atoms with Gasteiger partial charge in [-0.25, -0.2) is 0 Å². The normalized spacial score (nSPS) is 26.9. The first-order valence-corrected chi connectivity index (χ1v) is 8.47. The smallest absolute Gasteiger partial charge is 0.0524 e. The summed E-state index contributed by atoms with van der Waals surface area (Å²) >= 11 is 0. The molecule has 1 saturated carbocycles. The van der Waals surface area contributed by atoms with Crippen LogP contribution >= 0.6 is 0 Å². The average Bonchev–Trinajstić information content (AvgIpc) is 2.89. The van der Waals surface area contributed by atoms with Gasteiger partial charge in [-0.2, -0.15) is 5.10 Å². The molecule has 1 heterocycles. The third kappa shape index (κ3) is 4.08. The molecule has 0 amide bonds. The molecule has 1 aromatic rings. The maximum atomic E-state index is 4.53. The van der Waals surface area contributed by atoms with Gasteiger partial charge in [-0.05, 0) is 62.1 Å². The Hall–Kier alpha value is -0.830. The molecule has 1 aliphatic rings. The van der Waals surface area contributed by atoms with Crippen LogP contribution in [0.25, 0.3) is 0 Å². The maximum absolute atomic E-state index is 4.53. The lowest BCUT2D eigenvalue weighted by Gasteiger charge is -2.34. The highest BCUT2D eigenvalue weighted by atomic mass is 15.3. The second-order valence-electron chi connectivity index (χ2n) is 6.53. The Morgan fingerprint density at radius 1 is 1.30 bits per heavy atom. The summed E-state index contributed by atoms with van der Waals surface area (Å²) in [5.41, 5.74) is 1.47. The fraction of sp³-hybridized carbons (Fsp3) is 0.824. The zero-order chi connectivity index (χ0) is 14.4. The minimum absolute atomic E-state index is 0.703. The van der Waals surface area contributed by atoms with Crippen LogP contribution in [0.3, 0.4) is 0 Å². The van der Waals surface area contributed by atoms with Crippen LogP contribution in [-0.2, 0) is 6.54 Å². The van der Waals surface area contributed by atoms with E-state index < -0.39 is 0 Å². The standard InChI is InChI=1S/C17H31N3/c1-4-8-18-11-15-7-6-14(3)10-17(15)16-12-19-20(13-16)9-5-2/h12-15,17-18H,4-11H2,1-3H3. The van der Waals surface area contributed by atoms with E-state index in [1.807, 2.05) is 0 Å². The van der Waals surface area contributed by atoms with Gasteiger partial charge in [0.1, 0.15) is 0 Å². The number of hydrogen-bond acceptors (Lipinski definition) is 2. The van der Waals surface area contributed by atoms with Gasteiger partial charge in [0.25, 0.3) is 0 Å². The van der Waals surface area contributed by atoms with Gasteiger partial charge >= 0.3 is 0 Å². The number of aryl methyl sites for hydroxylation is 1. The first-order chi connectivity index (χ1) is 9.74. The Bertz CT molecular complexity index is 385. The van der Waals surface area contributed by atoms with Gasteiger partial charge in [-0.15, -0.1) is 0 Å². The number of nitrogens with one attached hydrogen (secondary N) is 1. The van der Waals surface area contributed by atoms with Crippen molar-refractivity contribution in [2.75, 3.05) is 13.1 Å². The van der Waals surface area contributed by atoms with Gasteiger partial charge in [-0.3, -0.25) is 4.68 Å². The van der Waals surface area contributed by atoms with E-state index in [4.69, 9.17) is 0 Å². The van der Waals surface area contributed by atoms with Crippen molar-refractivity contribution >= 4 is 0 Å². The van der Waals surface area contributed by atoms with Gasteiger partial charge in [0.2, 0.25) is 0 Å². The third-order valence-corrected chi connectivity index (χ3v) is 4.62. The zero-order valence-corrected chi connectivity index (χ0v) is 13.4. The van der Waals surface area contributed by atoms with Gasteiger partial charge < -0.3 is 5.32 Å². The van der Waals surface area contributed by atoms with Crippen molar-refractivity contribution in [3.63, 3.8) is 0 Å². The van der Waals surface area contributed by atoms with E-state index in [1.54, 1.807) is 0 Å². The van der Waals surface area contributed by atoms with Crippen LogP contribution in [-0.4, -0.2) is 22.9 Å². The summed E-state index contributed by atoms with van der Waals surface area (Å²) in [6.45, 7) is 10.2. The molecule has 3 atom stereocenters. The number of rotatable bonds is 7. The average molecular weight is 277 g/mol. The van der Waals surface area contributed by atoms with E-state index in [9.17, 15) is 0 Å². The van der Waals surface area contributed by atoms with Crippen molar-refractivity contribution in [1.29, 1.82) is 0 Å². The Labute approximate surface area is 124 Å². The summed E-state index contributed by atoms with van der Waals surface area (Å²) in [6, 6.07) is 0. The van der Waals surface area contributed by atoms with Gasteiger partial charge in [0, 0.05) is 12.7 Å². The summed E-state index contributed by atoms with van der Waals surface area (Å²) < 4.78 is 2.12. The molecule has 0 aliphatic heterocycles. The highest BCUT2D eigenvalue weighted by Gasteiger charge is 2.30. The molecule has 0 bridgehead atoms. The summed E-state index contributed by atoms with van der Waals surface area (Å²) in [5.74, 6) is 2.35. The van der Waals surface area contributed by atoms with Crippen LogP contribution < -0.4 is 5.32 Å². The van der Waals surface area contributed by atoms with Crippen LogP contribution in [0.1, 0.15) is 64.4 Å². The lowest BCUT2D eigenvalue weighted by Crippen LogP contribution is -2.31. The molecule has 1 aromatic heterocycles. The fourth-order valence-electron chi connectivity index (χ4n) is 3.48. The number of nitrogens with zero attached hydrogens (tertiary/aromatic N) is 2. The number of aromatic nitrogens is 2. The molecule has 2 rings (SSSR count). The molecular formula is C17H31N3. The topological polar surface area (TPSA) is 29.9 Å². The van der Waals surface area contributed by atoms with E-state index in [-0.39, 0.29) is 0 Å². The van der Waals surface area contributed by atoms with Gasteiger partial charge in [0.05, 0.1) is 6.20 Å². The van der Waals surface area contributed by atoms with Gasteiger partial charge in [0.15, 0.2) is 0 Å². The third-order valence-electron chi connectivity index (χ3n) is 4.62. The fourth-order valence-corrected chi connectivity index (χ4v) is 3.48. The Morgan fingerprint density at radius 3 is 2.90 bits per heavy atom. The minimum atomic E-state index is 0.703. The molecule has 20 heavy (non-hydrogen) atoms. The van der Waals surface area contributed by atoms with Crippen molar-refractivity contribution in [3.05, 3.63) is 18.0 Å². The minimum Gasteiger partial charge on any atom is -0.316 e. The lowest BCUT2D eigenvalue weighted by molar-refractivity contribution is 0.242. The van der Waals surface area contributed by atoms with E-state index >= 15 is 0 Å². The molecule has 0 radical (unpaired) electrons. The predicted molar refractivity (Wildman–Crippen MR) is 84.9 cm³/mol. The molecule has 3 nitrogen and oxygen atoms in total. The first kappa shape index (κ1) is 15.6. The predicted octanol–water partition coefficient (Wildman–Crippen LogP) is 3.81. The molecule has 0 spiro atoms. The molecular weight excluding hydrogens is 246 g/mol. The highest BCUT2D eigenvalue weighted by Crippen LogP contribution is 2.40. The molecule has 1 N–H and O–H groups in total. The molecule has 3 heteroatoms. The Morgan fingerprint density at radius 2 is 2.15 bits per heavy atom. The van der Waals surface area contributed by atoms with E-state index in [1.165, 1.54) is 37.8 Å². The van der Waals surface area contributed by atoms with Crippen molar-refractivity contribution in [2.24, 2.45) is 11.8 Å². The second-order valence-corrected chi connectivity index (χ2v) is 6.53. The summed E-state index contributed by atoms with van der Waals surface area (Å²) in [7, 11) is 0. The lowest BCUT2D eigenvalue weighted by atomic mass is 9.72. The molecule has 3 unspecified atom stereocenters. The largest absolute Gasteiger partial charge is 0.316 e. The van der Waals surface area contributed by atoms with Crippen molar-refractivity contribution in [2.45, 2.75) is 65.3 Å². The zero-order valence-electron chi connectivity index (χ0n) is 13.4. The molecule has 1 fully saturated rings. The highest BCUT2D eigenvalue weighted by molar-refractivity contribution is 5.14. The quantitative estimate of drug-likeness (QED) is 0.768. The monoisotopic (exact) mass is 277 g/mol. The summed E-state index contributed by atoms with van der Waals surface area (Å²) in [5, 5.41) is 8.16. The van der Waals surface area contributed by atoms with Crippen molar-refractivity contribution in [3.8, 4) is 0 Å². The van der Waals surface area contributed by atoms with Crippen LogP contribution in [0.2, 0.25) is 0 Å². The Kier molecular flexibility index (Phi) is 6.08. The van der Waals surface area contributed by atoms with E-state index in [0.717, 1.165) is 31.3 Å². The second kappa shape index (κ2) is 7.82. The van der Waals surface area contributed by atoms with Crippen LogP contribution in [0.4, 0.5) is 0 Å². The van der Waals surface area contributed by atoms with Crippen molar-refractivity contribution < 1.29 is 0 Å².